The van der Waals surface area contributed by atoms with E-state index in [-0.39, 0.29) is 5.91 Å². The molecular weight excluding hydrogens is 362 g/mol. The van der Waals surface area contributed by atoms with E-state index in [0.29, 0.717) is 23.6 Å². The number of thiophene rings is 1. The highest BCUT2D eigenvalue weighted by Gasteiger charge is 2.22. The molecule has 0 spiro atoms. The van der Waals surface area contributed by atoms with Gasteiger partial charge in [-0.2, -0.15) is 0 Å². The SMILES string of the molecule is COc1ccc(N(Cc2cccs2)C(=O)c2ccc(OC)cc2OC)cc1. The Morgan fingerprint density at radius 2 is 1.63 bits per heavy atom. The van der Waals surface area contributed by atoms with Crippen LogP contribution in [0, 0.1) is 0 Å². The number of carbonyl (C=O) groups is 1. The summed E-state index contributed by atoms with van der Waals surface area (Å²) in [5.74, 6) is 1.71. The summed E-state index contributed by atoms with van der Waals surface area (Å²) in [7, 11) is 4.74. The minimum absolute atomic E-state index is 0.145. The summed E-state index contributed by atoms with van der Waals surface area (Å²) in [5.41, 5.74) is 1.26. The third-order valence-corrected chi connectivity index (χ3v) is 5.02. The molecule has 1 heterocycles. The average Bonchev–Trinajstić information content (AvgIpc) is 3.24. The normalized spacial score (nSPS) is 10.3. The first-order chi connectivity index (χ1) is 13.2. The Labute approximate surface area is 162 Å². The van der Waals surface area contributed by atoms with Crippen LogP contribution in [0.5, 0.6) is 17.2 Å². The largest absolute Gasteiger partial charge is 0.497 e. The van der Waals surface area contributed by atoms with Gasteiger partial charge >= 0.3 is 0 Å². The molecule has 27 heavy (non-hydrogen) atoms. The number of carbonyl (C=O) groups excluding carboxylic acids is 1. The predicted molar refractivity (Wildman–Crippen MR) is 107 cm³/mol. The van der Waals surface area contributed by atoms with Crippen molar-refractivity contribution in [1.82, 2.24) is 0 Å². The van der Waals surface area contributed by atoms with Crippen LogP contribution in [0.3, 0.4) is 0 Å². The van der Waals surface area contributed by atoms with Crippen LogP contribution in [0.2, 0.25) is 0 Å². The van der Waals surface area contributed by atoms with Crippen LogP contribution < -0.4 is 19.1 Å². The van der Waals surface area contributed by atoms with Gasteiger partial charge in [0.1, 0.15) is 17.2 Å². The number of amides is 1. The van der Waals surface area contributed by atoms with Crippen molar-refractivity contribution in [2.75, 3.05) is 26.2 Å². The summed E-state index contributed by atoms with van der Waals surface area (Å²) in [6, 6.07) is 16.6. The van der Waals surface area contributed by atoms with Crippen LogP contribution >= 0.6 is 11.3 Å². The van der Waals surface area contributed by atoms with Gasteiger partial charge in [0.2, 0.25) is 0 Å². The minimum Gasteiger partial charge on any atom is -0.497 e. The van der Waals surface area contributed by atoms with Crippen molar-refractivity contribution < 1.29 is 19.0 Å². The van der Waals surface area contributed by atoms with E-state index in [0.717, 1.165) is 16.3 Å². The van der Waals surface area contributed by atoms with Crippen LogP contribution in [-0.2, 0) is 6.54 Å². The van der Waals surface area contributed by atoms with Gasteiger partial charge in [-0.25, -0.2) is 0 Å². The van der Waals surface area contributed by atoms with Crippen molar-refractivity contribution in [3.8, 4) is 17.2 Å². The predicted octanol–water partition coefficient (Wildman–Crippen LogP) is 4.62. The van der Waals surface area contributed by atoms with E-state index in [1.807, 2.05) is 41.8 Å². The monoisotopic (exact) mass is 383 g/mol. The van der Waals surface area contributed by atoms with E-state index in [1.54, 1.807) is 55.8 Å². The van der Waals surface area contributed by atoms with Gasteiger partial charge in [-0.1, -0.05) is 6.07 Å². The van der Waals surface area contributed by atoms with Crippen LogP contribution in [0.15, 0.2) is 60.0 Å². The zero-order valence-electron chi connectivity index (χ0n) is 15.5. The van der Waals surface area contributed by atoms with Gasteiger partial charge in [0.05, 0.1) is 33.4 Å². The Kier molecular flexibility index (Phi) is 5.98. The van der Waals surface area contributed by atoms with Crippen molar-refractivity contribution in [1.29, 1.82) is 0 Å². The van der Waals surface area contributed by atoms with Gasteiger partial charge in [-0.3, -0.25) is 4.79 Å². The van der Waals surface area contributed by atoms with Crippen LogP contribution in [-0.4, -0.2) is 27.2 Å². The molecular formula is C21H21NO4S. The molecule has 0 atom stereocenters. The fraction of sp³-hybridized carbons (Fsp3) is 0.190. The molecule has 3 rings (SSSR count). The Morgan fingerprint density at radius 1 is 0.926 bits per heavy atom. The Morgan fingerprint density at radius 3 is 2.22 bits per heavy atom. The average molecular weight is 383 g/mol. The zero-order chi connectivity index (χ0) is 19.2. The van der Waals surface area contributed by atoms with Gasteiger partial charge in [0.15, 0.2) is 0 Å². The quantitative estimate of drug-likeness (QED) is 0.597. The lowest BCUT2D eigenvalue weighted by atomic mass is 10.1. The molecule has 0 aliphatic heterocycles. The van der Waals surface area contributed by atoms with Crippen molar-refractivity contribution in [3.63, 3.8) is 0 Å². The second-order valence-corrected chi connectivity index (χ2v) is 6.77. The Balaban J connectivity index is 1.99. The molecule has 1 amide bonds. The molecule has 2 aromatic carbocycles. The summed E-state index contributed by atoms with van der Waals surface area (Å²) < 4.78 is 15.9. The van der Waals surface area contributed by atoms with Crippen LogP contribution in [0.25, 0.3) is 0 Å². The van der Waals surface area contributed by atoms with Gasteiger partial charge < -0.3 is 19.1 Å². The van der Waals surface area contributed by atoms with Crippen molar-refractivity contribution >= 4 is 22.9 Å². The van der Waals surface area contributed by atoms with E-state index in [1.165, 1.54) is 0 Å². The third-order valence-electron chi connectivity index (χ3n) is 4.16. The second kappa shape index (κ2) is 8.60. The molecule has 0 N–H and O–H groups in total. The molecule has 0 unspecified atom stereocenters. The number of hydrogen-bond acceptors (Lipinski definition) is 5. The van der Waals surface area contributed by atoms with E-state index in [2.05, 4.69) is 0 Å². The van der Waals surface area contributed by atoms with Crippen molar-refractivity contribution in [3.05, 3.63) is 70.4 Å². The van der Waals surface area contributed by atoms with Gasteiger partial charge in [0.25, 0.3) is 5.91 Å². The molecule has 1 aromatic heterocycles. The first kappa shape index (κ1) is 18.8. The molecule has 140 valence electrons. The summed E-state index contributed by atoms with van der Waals surface area (Å²) >= 11 is 1.61. The maximum absolute atomic E-state index is 13.4. The molecule has 0 saturated heterocycles. The number of rotatable bonds is 7. The molecule has 6 heteroatoms. The number of nitrogens with zero attached hydrogens (tertiary/aromatic N) is 1. The van der Waals surface area contributed by atoms with E-state index < -0.39 is 0 Å². The maximum atomic E-state index is 13.4. The summed E-state index contributed by atoms with van der Waals surface area (Å²) in [6.07, 6.45) is 0. The van der Waals surface area contributed by atoms with Crippen molar-refractivity contribution in [2.24, 2.45) is 0 Å². The number of hydrogen-bond donors (Lipinski definition) is 0. The first-order valence-corrected chi connectivity index (χ1v) is 9.24. The van der Waals surface area contributed by atoms with Crippen LogP contribution in [0.1, 0.15) is 15.2 Å². The van der Waals surface area contributed by atoms with E-state index in [4.69, 9.17) is 14.2 Å². The third kappa shape index (κ3) is 4.23. The molecule has 0 aliphatic rings. The molecule has 0 bridgehead atoms. The summed E-state index contributed by atoms with van der Waals surface area (Å²) in [4.78, 5) is 16.2. The lowest BCUT2D eigenvalue weighted by Crippen LogP contribution is -2.30. The highest BCUT2D eigenvalue weighted by Crippen LogP contribution is 2.29. The smallest absolute Gasteiger partial charge is 0.262 e. The second-order valence-electron chi connectivity index (χ2n) is 5.73. The fourth-order valence-corrected chi connectivity index (χ4v) is 3.41. The Bertz CT molecular complexity index is 891. The summed E-state index contributed by atoms with van der Waals surface area (Å²) in [5, 5.41) is 2.00. The number of anilines is 1. The van der Waals surface area contributed by atoms with Crippen LogP contribution in [0.4, 0.5) is 5.69 Å². The molecule has 0 aliphatic carbocycles. The fourth-order valence-electron chi connectivity index (χ4n) is 2.72. The van der Waals surface area contributed by atoms with Gasteiger partial charge in [-0.15, -0.1) is 11.3 Å². The highest BCUT2D eigenvalue weighted by atomic mass is 32.1. The lowest BCUT2D eigenvalue weighted by Gasteiger charge is -2.24. The lowest BCUT2D eigenvalue weighted by molar-refractivity contribution is 0.0982. The minimum atomic E-state index is -0.145. The molecule has 5 nitrogen and oxygen atoms in total. The van der Waals surface area contributed by atoms with Crippen molar-refractivity contribution in [2.45, 2.75) is 6.54 Å². The van der Waals surface area contributed by atoms with E-state index >= 15 is 0 Å². The number of ether oxygens (including phenoxy) is 3. The standard InChI is InChI=1S/C21H21NO4S/c1-24-16-8-6-15(7-9-16)22(14-18-5-4-12-27-18)21(23)19-11-10-17(25-2)13-20(19)26-3/h4-13H,14H2,1-3H3. The van der Waals surface area contributed by atoms with Gasteiger partial charge in [0, 0.05) is 16.6 Å². The molecule has 0 radical (unpaired) electrons. The van der Waals surface area contributed by atoms with Gasteiger partial charge in [-0.05, 0) is 47.8 Å². The first-order valence-electron chi connectivity index (χ1n) is 8.36. The highest BCUT2D eigenvalue weighted by molar-refractivity contribution is 7.09. The Hall–Kier alpha value is -2.99. The topological polar surface area (TPSA) is 48.0 Å². The molecule has 0 fully saturated rings. The molecule has 3 aromatic rings. The molecule has 0 saturated carbocycles. The number of benzene rings is 2. The van der Waals surface area contributed by atoms with E-state index in [9.17, 15) is 4.79 Å². The summed E-state index contributed by atoms with van der Waals surface area (Å²) in [6.45, 7) is 0.470. The number of methoxy groups -OCH3 is 3. The maximum Gasteiger partial charge on any atom is 0.262 e. The zero-order valence-corrected chi connectivity index (χ0v) is 16.3.